The summed E-state index contributed by atoms with van der Waals surface area (Å²) < 4.78 is 5.44. The maximum absolute atomic E-state index is 13.5. The van der Waals surface area contributed by atoms with Crippen molar-refractivity contribution in [2.45, 2.75) is 47.0 Å². The number of fused-ring (bicyclic) bond motifs is 1. The summed E-state index contributed by atoms with van der Waals surface area (Å²) in [4.78, 5) is 28.7. The zero-order chi connectivity index (χ0) is 24.7. The lowest BCUT2D eigenvalue weighted by Crippen LogP contribution is -2.35. The second-order valence-electron chi connectivity index (χ2n) is 9.84. The molecule has 4 heteroatoms. The third-order valence-electron chi connectivity index (χ3n) is 6.19. The van der Waals surface area contributed by atoms with Crippen molar-refractivity contribution in [3.05, 3.63) is 77.4 Å². The molecule has 0 fully saturated rings. The Kier molecular flexibility index (Phi) is 8.86. The van der Waals surface area contributed by atoms with Gasteiger partial charge in [0.2, 0.25) is 5.91 Å². The fraction of sp³-hybridized carbons (Fsp3) is 0.400. The summed E-state index contributed by atoms with van der Waals surface area (Å²) in [6.07, 6.45) is 2.21. The fourth-order valence-electron chi connectivity index (χ4n) is 4.04. The van der Waals surface area contributed by atoms with Crippen LogP contribution in [0.1, 0.15) is 62.0 Å². The summed E-state index contributed by atoms with van der Waals surface area (Å²) in [7, 11) is 1.64. The normalized spacial score (nSPS) is 11.3. The van der Waals surface area contributed by atoms with Crippen LogP contribution in [0.2, 0.25) is 0 Å². The molecule has 3 aromatic rings. The number of benzene rings is 3. The molecule has 0 aliphatic rings. The number of ketones is 1. The molecule has 0 aromatic heterocycles. The van der Waals surface area contributed by atoms with E-state index < -0.39 is 0 Å². The van der Waals surface area contributed by atoms with Gasteiger partial charge in [-0.15, -0.1) is 0 Å². The van der Waals surface area contributed by atoms with E-state index in [4.69, 9.17) is 4.74 Å². The zero-order valence-electron chi connectivity index (χ0n) is 21.1. The molecule has 3 rings (SSSR count). The van der Waals surface area contributed by atoms with Crippen LogP contribution in [-0.2, 0) is 11.2 Å². The topological polar surface area (TPSA) is 46.6 Å². The minimum absolute atomic E-state index is 0.0384. The van der Waals surface area contributed by atoms with Crippen LogP contribution in [0.4, 0.5) is 0 Å². The van der Waals surface area contributed by atoms with Crippen molar-refractivity contribution in [1.82, 2.24) is 4.90 Å². The van der Waals surface area contributed by atoms with Crippen molar-refractivity contribution in [3.8, 4) is 5.75 Å². The number of carbonyl (C=O) groups is 2. The third kappa shape index (κ3) is 6.69. The van der Waals surface area contributed by atoms with Crippen LogP contribution in [0.25, 0.3) is 10.8 Å². The lowest BCUT2D eigenvalue weighted by atomic mass is 9.94. The highest BCUT2D eigenvalue weighted by Crippen LogP contribution is 2.28. The summed E-state index contributed by atoms with van der Waals surface area (Å²) in [6.45, 7) is 10.3. The molecule has 0 atom stereocenters. The number of nitrogens with zero attached hydrogens (tertiary/aromatic N) is 1. The van der Waals surface area contributed by atoms with Crippen LogP contribution in [-0.4, -0.2) is 36.8 Å². The fourth-order valence-corrected chi connectivity index (χ4v) is 4.04. The second kappa shape index (κ2) is 11.8. The Morgan fingerprint density at radius 3 is 2.06 bits per heavy atom. The summed E-state index contributed by atoms with van der Waals surface area (Å²) >= 11 is 0. The van der Waals surface area contributed by atoms with Crippen LogP contribution < -0.4 is 4.74 Å². The van der Waals surface area contributed by atoms with Crippen molar-refractivity contribution >= 4 is 22.5 Å². The number of hydrogen-bond donors (Lipinski definition) is 0. The molecular weight excluding hydrogens is 422 g/mol. The smallest absolute Gasteiger partial charge is 0.227 e. The van der Waals surface area contributed by atoms with Crippen LogP contribution in [0, 0.1) is 11.8 Å². The maximum atomic E-state index is 13.5. The van der Waals surface area contributed by atoms with Gasteiger partial charge in [0.15, 0.2) is 5.78 Å². The molecule has 0 heterocycles. The van der Waals surface area contributed by atoms with E-state index in [1.165, 1.54) is 0 Å². The molecule has 0 bridgehead atoms. The molecule has 180 valence electrons. The van der Waals surface area contributed by atoms with E-state index in [0.29, 0.717) is 23.0 Å². The van der Waals surface area contributed by atoms with Gasteiger partial charge in [-0.05, 0) is 65.3 Å². The molecular formula is C30H37NO3. The number of carbonyl (C=O) groups excluding carboxylic acids is 2. The highest BCUT2D eigenvalue weighted by molar-refractivity contribution is 6.11. The molecule has 0 radical (unpaired) electrons. The first kappa shape index (κ1) is 25.5. The number of amides is 1. The van der Waals surface area contributed by atoms with Gasteiger partial charge in [0.05, 0.1) is 13.5 Å². The van der Waals surface area contributed by atoms with Crippen molar-refractivity contribution in [3.63, 3.8) is 0 Å². The predicted molar refractivity (Wildman–Crippen MR) is 140 cm³/mol. The lowest BCUT2D eigenvalue weighted by Gasteiger charge is -2.25. The van der Waals surface area contributed by atoms with Crippen LogP contribution >= 0.6 is 0 Å². The maximum Gasteiger partial charge on any atom is 0.227 e. The van der Waals surface area contributed by atoms with Gasteiger partial charge < -0.3 is 9.64 Å². The molecule has 1 amide bonds. The van der Waals surface area contributed by atoms with E-state index in [1.54, 1.807) is 7.11 Å². The number of ether oxygens (including phenoxy) is 1. The third-order valence-corrected chi connectivity index (χ3v) is 6.19. The van der Waals surface area contributed by atoms with Gasteiger partial charge in [-0.2, -0.15) is 0 Å². The monoisotopic (exact) mass is 459 g/mol. The van der Waals surface area contributed by atoms with Gasteiger partial charge in [-0.3, -0.25) is 9.59 Å². The highest BCUT2D eigenvalue weighted by Gasteiger charge is 2.19. The van der Waals surface area contributed by atoms with Crippen molar-refractivity contribution in [2.75, 3.05) is 20.2 Å². The summed E-state index contributed by atoms with van der Waals surface area (Å²) in [5.74, 6) is 1.87. The second-order valence-corrected chi connectivity index (χ2v) is 9.84. The SMILES string of the molecule is COc1ccc2cc(C(=O)c3ccccc3)cc(CC(=O)N(CCC(C)C)CCC(C)C)c2c1. The van der Waals surface area contributed by atoms with E-state index in [2.05, 4.69) is 27.7 Å². The largest absolute Gasteiger partial charge is 0.497 e. The molecule has 0 spiro atoms. The van der Waals surface area contributed by atoms with Crippen molar-refractivity contribution in [1.29, 1.82) is 0 Å². The molecule has 34 heavy (non-hydrogen) atoms. The quantitative estimate of drug-likeness (QED) is 0.306. The van der Waals surface area contributed by atoms with Gasteiger partial charge in [-0.25, -0.2) is 0 Å². The first-order valence-electron chi connectivity index (χ1n) is 12.3. The molecule has 4 nitrogen and oxygen atoms in total. The molecule has 0 N–H and O–H groups in total. The minimum atomic E-state index is -0.0384. The number of rotatable bonds is 11. The molecule has 0 aliphatic heterocycles. The van der Waals surface area contributed by atoms with Gasteiger partial charge >= 0.3 is 0 Å². The number of methoxy groups -OCH3 is 1. The van der Waals surface area contributed by atoms with Gasteiger partial charge in [0.1, 0.15) is 5.75 Å². The summed E-state index contributed by atoms with van der Waals surface area (Å²) in [6, 6.07) is 18.9. The molecule has 0 unspecified atom stereocenters. The molecule has 3 aromatic carbocycles. The Labute approximate surface area is 203 Å². The predicted octanol–water partition coefficient (Wildman–Crippen LogP) is 6.54. The average Bonchev–Trinajstić information content (AvgIpc) is 2.83. The molecule has 0 saturated heterocycles. The zero-order valence-corrected chi connectivity index (χ0v) is 21.1. The van der Waals surface area contributed by atoms with E-state index in [9.17, 15) is 9.59 Å². The van der Waals surface area contributed by atoms with E-state index >= 15 is 0 Å². The summed E-state index contributed by atoms with van der Waals surface area (Å²) in [5.41, 5.74) is 2.10. The average molecular weight is 460 g/mol. The Morgan fingerprint density at radius 1 is 0.824 bits per heavy atom. The van der Waals surface area contributed by atoms with Crippen LogP contribution in [0.5, 0.6) is 5.75 Å². The Balaban J connectivity index is 1.98. The van der Waals surface area contributed by atoms with Gasteiger partial charge in [-0.1, -0.05) is 64.1 Å². The van der Waals surface area contributed by atoms with Crippen LogP contribution in [0.3, 0.4) is 0 Å². The van der Waals surface area contributed by atoms with Crippen LogP contribution in [0.15, 0.2) is 60.7 Å². The first-order chi connectivity index (χ1) is 16.3. The standard InChI is InChI=1S/C30H37NO3/c1-21(2)13-15-31(16-14-22(3)4)29(32)19-25-18-26(30(33)23-9-7-6-8-10-23)17-24-11-12-27(34-5)20-28(24)25/h6-12,17-18,20-22H,13-16,19H2,1-5H3. The first-order valence-corrected chi connectivity index (χ1v) is 12.3. The van der Waals surface area contributed by atoms with Gasteiger partial charge in [0, 0.05) is 24.2 Å². The Bertz CT molecular complexity index is 1110. The van der Waals surface area contributed by atoms with Gasteiger partial charge in [0.25, 0.3) is 0 Å². The highest BCUT2D eigenvalue weighted by atomic mass is 16.5. The Morgan fingerprint density at radius 2 is 1.47 bits per heavy atom. The molecule has 0 saturated carbocycles. The summed E-state index contributed by atoms with van der Waals surface area (Å²) in [5, 5.41) is 1.88. The number of hydrogen-bond acceptors (Lipinski definition) is 3. The minimum Gasteiger partial charge on any atom is -0.497 e. The van der Waals surface area contributed by atoms with Crippen molar-refractivity contribution in [2.24, 2.45) is 11.8 Å². The lowest BCUT2D eigenvalue weighted by molar-refractivity contribution is -0.130. The van der Waals surface area contributed by atoms with E-state index in [1.807, 2.05) is 65.6 Å². The van der Waals surface area contributed by atoms with Crippen molar-refractivity contribution < 1.29 is 14.3 Å². The van der Waals surface area contributed by atoms with E-state index in [0.717, 1.165) is 48.0 Å². The van der Waals surface area contributed by atoms with E-state index in [-0.39, 0.29) is 18.1 Å². The Hall–Kier alpha value is -3.14. The molecule has 0 aliphatic carbocycles.